The molecule has 4 rings (SSSR count). The lowest BCUT2D eigenvalue weighted by atomic mass is 9.66. The van der Waals surface area contributed by atoms with E-state index in [4.69, 9.17) is 33.2 Å². The molecular weight excluding hydrogens is 400 g/mol. The van der Waals surface area contributed by atoms with Gasteiger partial charge in [-0.15, -0.1) is 0 Å². The van der Waals surface area contributed by atoms with Crippen molar-refractivity contribution in [3.8, 4) is 28.7 Å². The smallest absolute Gasteiger partial charge is 0.231 e. The van der Waals surface area contributed by atoms with Crippen LogP contribution < -0.4 is 23.7 Å². The van der Waals surface area contributed by atoms with Gasteiger partial charge in [0.2, 0.25) is 12.5 Å². The average molecular weight is 430 g/mol. The summed E-state index contributed by atoms with van der Waals surface area (Å²) in [5, 5.41) is 0. The second kappa shape index (κ2) is 9.24. The third kappa shape index (κ3) is 3.77. The zero-order chi connectivity index (χ0) is 22.0. The first kappa shape index (κ1) is 21.6. The molecule has 0 radical (unpaired) electrons. The quantitative estimate of drug-likeness (QED) is 0.633. The Hall–Kier alpha value is -2.64. The molecule has 0 saturated carbocycles. The number of ether oxygens (including phenoxy) is 7. The number of rotatable bonds is 8. The highest BCUT2D eigenvalue weighted by molar-refractivity contribution is 5.64. The molecule has 0 saturated heterocycles. The van der Waals surface area contributed by atoms with Crippen LogP contribution in [-0.2, 0) is 15.9 Å². The summed E-state index contributed by atoms with van der Waals surface area (Å²) in [6, 6.07) is 8.14. The molecule has 31 heavy (non-hydrogen) atoms. The van der Waals surface area contributed by atoms with E-state index in [9.17, 15) is 0 Å². The van der Waals surface area contributed by atoms with E-state index in [0.29, 0.717) is 30.5 Å². The van der Waals surface area contributed by atoms with Crippen LogP contribution in [0.5, 0.6) is 28.7 Å². The molecule has 7 nitrogen and oxygen atoms in total. The summed E-state index contributed by atoms with van der Waals surface area (Å²) >= 11 is 0. The van der Waals surface area contributed by atoms with Crippen molar-refractivity contribution in [1.29, 1.82) is 0 Å². The van der Waals surface area contributed by atoms with E-state index < -0.39 is 0 Å². The van der Waals surface area contributed by atoms with Gasteiger partial charge < -0.3 is 33.2 Å². The van der Waals surface area contributed by atoms with Crippen molar-refractivity contribution in [3.05, 3.63) is 41.0 Å². The normalized spacial score (nSPS) is 21.5. The van der Waals surface area contributed by atoms with Crippen LogP contribution in [0.2, 0.25) is 0 Å². The van der Waals surface area contributed by atoms with Crippen LogP contribution in [0.25, 0.3) is 0 Å². The van der Waals surface area contributed by atoms with Crippen molar-refractivity contribution in [1.82, 2.24) is 0 Å². The average Bonchev–Trinajstić information content (AvgIpc) is 3.26. The third-order valence-electron chi connectivity index (χ3n) is 6.28. The zero-order valence-electron chi connectivity index (χ0n) is 18.7. The maximum absolute atomic E-state index is 5.90. The maximum atomic E-state index is 5.90. The topological polar surface area (TPSA) is 64.6 Å². The molecule has 1 heterocycles. The van der Waals surface area contributed by atoms with Gasteiger partial charge in [-0.05, 0) is 47.6 Å². The minimum absolute atomic E-state index is 0.00638. The molecule has 0 unspecified atom stereocenters. The van der Waals surface area contributed by atoms with Crippen LogP contribution in [0.1, 0.15) is 22.6 Å². The van der Waals surface area contributed by atoms with Crippen LogP contribution in [0.3, 0.4) is 0 Å². The van der Waals surface area contributed by atoms with E-state index in [1.54, 1.807) is 35.5 Å². The molecule has 168 valence electrons. The summed E-state index contributed by atoms with van der Waals surface area (Å²) < 4.78 is 39.7. The SMILES string of the molecule is COC[C@H]1Cc2cc3c(c(OC)c2[C@@H](c2ccc(OC)c(OC)c2)[C@@H]1COC)OCO3. The number of benzene rings is 2. The van der Waals surface area contributed by atoms with E-state index in [1.807, 2.05) is 12.1 Å². The summed E-state index contributed by atoms with van der Waals surface area (Å²) in [6.07, 6.45) is 0.841. The molecular formula is C24H30O7. The molecule has 0 amide bonds. The minimum atomic E-state index is -0.00638. The van der Waals surface area contributed by atoms with Crippen molar-refractivity contribution >= 4 is 0 Å². The van der Waals surface area contributed by atoms with Gasteiger partial charge in [0.1, 0.15) is 0 Å². The van der Waals surface area contributed by atoms with Gasteiger partial charge in [-0.25, -0.2) is 0 Å². The van der Waals surface area contributed by atoms with Crippen LogP contribution in [-0.4, -0.2) is 55.6 Å². The first-order valence-corrected chi connectivity index (χ1v) is 10.4. The van der Waals surface area contributed by atoms with Gasteiger partial charge in [0, 0.05) is 32.3 Å². The summed E-state index contributed by atoms with van der Waals surface area (Å²) in [5.74, 6) is 3.92. The van der Waals surface area contributed by atoms with Crippen LogP contribution >= 0.6 is 0 Å². The van der Waals surface area contributed by atoms with Crippen molar-refractivity contribution in [2.75, 3.05) is 55.6 Å². The standard InChI is InChI=1S/C24H30O7/c1-25-11-16-8-15-10-20-23(31-13-30-20)24(29-5)22(15)21(17(16)12-26-2)14-6-7-18(27-3)19(9-14)28-4/h6-7,9-10,16-17,21H,8,11-13H2,1-5H3/t16-,17-,21+/m1/s1. The summed E-state index contributed by atoms with van der Waals surface area (Å²) in [5.41, 5.74) is 3.38. The lowest BCUT2D eigenvalue weighted by Crippen LogP contribution is -2.36. The summed E-state index contributed by atoms with van der Waals surface area (Å²) in [6.45, 7) is 1.41. The highest BCUT2D eigenvalue weighted by Gasteiger charge is 2.42. The van der Waals surface area contributed by atoms with E-state index >= 15 is 0 Å². The van der Waals surface area contributed by atoms with Gasteiger partial charge in [-0.1, -0.05) is 6.07 Å². The van der Waals surface area contributed by atoms with Gasteiger partial charge in [-0.2, -0.15) is 0 Å². The second-order valence-electron chi connectivity index (χ2n) is 7.85. The van der Waals surface area contributed by atoms with Gasteiger partial charge in [0.05, 0.1) is 27.9 Å². The molecule has 2 aliphatic rings. The van der Waals surface area contributed by atoms with Gasteiger partial charge >= 0.3 is 0 Å². The molecule has 0 N–H and O–H groups in total. The van der Waals surface area contributed by atoms with E-state index in [0.717, 1.165) is 29.0 Å². The Kier molecular flexibility index (Phi) is 6.43. The third-order valence-corrected chi connectivity index (χ3v) is 6.28. The van der Waals surface area contributed by atoms with Crippen LogP contribution in [0.15, 0.2) is 24.3 Å². The fourth-order valence-electron chi connectivity index (χ4n) is 4.99. The zero-order valence-corrected chi connectivity index (χ0v) is 18.7. The van der Waals surface area contributed by atoms with Crippen molar-refractivity contribution < 1.29 is 33.2 Å². The Morgan fingerprint density at radius 2 is 1.65 bits per heavy atom. The molecule has 1 aliphatic carbocycles. The van der Waals surface area contributed by atoms with Gasteiger partial charge in [-0.3, -0.25) is 0 Å². The molecule has 1 aliphatic heterocycles. The highest BCUT2D eigenvalue weighted by Crippen LogP contribution is 2.55. The Balaban J connectivity index is 1.94. The van der Waals surface area contributed by atoms with E-state index in [1.165, 1.54) is 5.56 Å². The monoisotopic (exact) mass is 430 g/mol. The predicted octanol–water partition coefficient (Wildman–Crippen LogP) is 3.65. The number of hydrogen-bond acceptors (Lipinski definition) is 7. The number of hydrogen-bond donors (Lipinski definition) is 0. The van der Waals surface area contributed by atoms with E-state index in [-0.39, 0.29) is 24.5 Å². The first-order valence-electron chi connectivity index (χ1n) is 10.4. The van der Waals surface area contributed by atoms with Gasteiger partial charge in [0.25, 0.3) is 0 Å². The van der Waals surface area contributed by atoms with Crippen molar-refractivity contribution in [2.45, 2.75) is 12.3 Å². The van der Waals surface area contributed by atoms with Crippen molar-refractivity contribution in [2.24, 2.45) is 11.8 Å². The minimum Gasteiger partial charge on any atom is -0.493 e. The van der Waals surface area contributed by atoms with Crippen LogP contribution in [0.4, 0.5) is 0 Å². The van der Waals surface area contributed by atoms with Crippen molar-refractivity contribution in [3.63, 3.8) is 0 Å². The molecule has 0 bridgehead atoms. The summed E-state index contributed by atoms with van der Waals surface area (Å²) in [4.78, 5) is 0. The molecule has 3 atom stereocenters. The Labute approximate surface area is 183 Å². The lowest BCUT2D eigenvalue weighted by molar-refractivity contribution is 0.0560. The molecule has 0 spiro atoms. The second-order valence-corrected chi connectivity index (χ2v) is 7.85. The Morgan fingerprint density at radius 3 is 2.32 bits per heavy atom. The molecule has 2 aromatic carbocycles. The lowest BCUT2D eigenvalue weighted by Gasteiger charge is -2.40. The van der Waals surface area contributed by atoms with Gasteiger partial charge in [0.15, 0.2) is 23.0 Å². The first-order chi connectivity index (χ1) is 15.2. The molecule has 2 aromatic rings. The molecule has 7 heteroatoms. The van der Waals surface area contributed by atoms with Crippen LogP contribution in [0, 0.1) is 11.8 Å². The van der Waals surface area contributed by atoms with E-state index in [2.05, 4.69) is 12.1 Å². The maximum Gasteiger partial charge on any atom is 0.231 e. The summed E-state index contributed by atoms with van der Waals surface area (Å²) in [7, 11) is 8.44. The number of fused-ring (bicyclic) bond motifs is 2. The fraction of sp³-hybridized carbons (Fsp3) is 0.500. The fourth-order valence-corrected chi connectivity index (χ4v) is 4.99. The number of methoxy groups -OCH3 is 5. The predicted molar refractivity (Wildman–Crippen MR) is 115 cm³/mol. The Morgan fingerprint density at radius 1 is 0.871 bits per heavy atom. The largest absolute Gasteiger partial charge is 0.493 e. The highest BCUT2D eigenvalue weighted by atomic mass is 16.7. The Bertz CT molecular complexity index is 927. The molecule has 0 aromatic heterocycles. The molecule has 0 fully saturated rings.